The summed E-state index contributed by atoms with van der Waals surface area (Å²) in [5, 5.41) is 0. The van der Waals surface area contributed by atoms with Gasteiger partial charge in [-0.2, -0.15) is 0 Å². The summed E-state index contributed by atoms with van der Waals surface area (Å²) in [6, 6.07) is 25.6. The van der Waals surface area contributed by atoms with Crippen LogP contribution >= 0.6 is 0 Å². The Hall–Kier alpha value is -2.52. The van der Waals surface area contributed by atoms with Crippen LogP contribution in [0.2, 0.25) is 5.82 Å². The minimum Gasteiger partial charge on any atom is -0.397 e. The Balaban J connectivity index is 1.71. The Morgan fingerprint density at radius 2 is 1.58 bits per heavy atom. The molecular weight excluding hydrogens is 317 g/mol. The van der Waals surface area contributed by atoms with Crippen LogP contribution in [0.25, 0.3) is 0 Å². The van der Waals surface area contributed by atoms with Crippen LogP contribution in [-0.4, -0.2) is 11.5 Å². The Kier molecular flexibility index (Phi) is 3.83. The summed E-state index contributed by atoms with van der Waals surface area (Å²) in [4.78, 5) is 0. The molecule has 0 radical (unpaired) electrons. The zero-order chi connectivity index (χ0) is 17.4. The molecule has 1 aromatic heterocycles. The topological polar surface area (TPSA) is 14.2 Å². The van der Waals surface area contributed by atoms with Crippen molar-refractivity contribution in [2.45, 2.75) is 30.7 Å². The lowest BCUT2D eigenvalue weighted by atomic mass is 9.63. The highest BCUT2D eigenvalue weighted by Gasteiger charge is 2.51. The highest BCUT2D eigenvalue weighted by Crippen LogP contribution is 2.48. The van der Waals surface area contributed by atoms with Gasteiger partial charge in [-0.15, -0.1) is 0 Å². The van der Waals surface area contributed by atoms with Crippen molar-refractivity contribution in [3.05, 3.63) is 108 Å². The number of hydrogen-bond donors (Lipinski definition) is 0. The fourth-order valence-corrected chi connectivity index (χ4v) is 4.53. The molecule has 128 valence electrons. The summed E-state index contributed by atoms with van der Waals surface area (Å²) in [7, 11) is 0.0389. The Bertz CT molecular complexity index is 876. The number of fused-ring (bicyclic) bond motifs is 1. The molecule has 0 amide bonds. The minimum atomic E-state index is -0.554. The highest BCUT2D eigenvalue weighted by molar-refractivity contribution is 6.54. The van der Waals surface area contributed by atoms with Gasteiger partial charge in [-0.1, -0.05) is 72.8 Å². The normalized spacial score (nSPS) is 20.9. The fourth-order valence-electron chi connectivity index (χ4n) is 4.53. The Morgan fingerprint density at radius 1 is 0.885 bits per heavy atom. The van der Waals surface area contributed by atoms with Crippen LogP contribution < -0.4 is 0 Å². The molecule has 0 spiro atoms. The molecule has 3 aromatic rings. The first kappa shape index (κ1) is 15.7. The second kappa shape index (κ2) is 6.33. The molecular formula is C23H22BNO. The number of rotatable bonds is 3. The maximum Gasteiger partial charge on any atom is 0.428 e. The number of allylic oxidation sites excluding steroid dienone is 2. The van der Waals surface area contributed by atoms with Crippen molar-refractivity contribution < 1.29 is 4.65 Å². The second-order valence-electron chi connectivity index (χ2n) is 7.25. The summed E-state index contributed by atoms with van der Waals surface area (Å²) in [5.41, 5.74) is 3.04. The van der Waals surface area contributed by atoms with Crippen LogP contribution in [0.15, 0.2) is 91.1 Å². The summed E-state index contributed by atoms with van der Waals surface area (Å²) in [5.74, 6) is 0.421. The minimum absolute atomic E-state index is 0.0389. The molecule has 26 heavy (non-hydrogen) atoms. The van der Waals surface area contributed by atoms with Gasteiger partial charge in [-0.25, -0.2) is 0 Å². The number of hydrogen-bond acceptors (Lipinski definition) is 1. The third kappa shape index (κ3) is 2.31. The third-order valence-electron chi connectivity index (χ3n) is 5.73. The number of nitrogens with zero attached hydrogens (tertiary/aromatic N) is 1. The van der Waals surface area contributed by atoms with E-state index in [1.807, 2.05) is 0 Å². The van der Waals surface area contributed by atoms with Crippen LogP contribution in [0, 0.1) is 0 Å². The molecule has 0 fully saturated rings. The van der Waals surface area contributed by atoms with E-state index in [1.165, 1.54) is 36.1 Å². The van der Waals surface area contributed by atoms with Crippen LogP contribution in [-0.2, 0) is 10.3 Å². The van der Waals surface area contributed by atoms with E-state index in [2.05, 4.69) is 95.6 Å². The van der Waals surface area contributed by atoms with Gasteiger partial charge in [-0.05, 0) is 48.7 Å². The van der Waals surface area contributed by atoms with Crippen molar-refractivity contribution in [3.8, 4) is 0 Å². The molecule has 0 bridgehead atoms. The highest BCUT2D eigenvalue weighted by atomic mass is 16.5. The molecule has 1 unspecified atom stereocenters. The lowest BCUT2D eigenvalue weighted by Gasteiger charge is -2.32. The average molecular weight is 339 g/mol. The lowest BCUT2D eigenvalue weighted by molar-refractivity contribution is 0.168. The van der Waals surface area contributed by atoms with Crippen LogP contribution in [0.3, 0.4) is 0 Å². The van der Waals surface area contributed by atoms with Gasteiger partial charge < -0.3 is 9.13 Å². The van der Waals surface area contributed by atoms with E-state index in [4.69, 9.17) is 4.65 Å². The van der Waals surface area contributed by atoms with Gasteiger partial charge in [0.2, 0.25) is 0 Å². The van der Waals surface area contributed by atoms with Gasteiger partial charge in [0.05, 0.1) is 0 Å². The first-order valence-corrected chi connectivity index (χ1v) is 9.52. The van der Waals surface area contributed by atoms with Crippen molar-refractivity contribution in [3.63, 3.8) is 0 Å². The van der Waals surface area contributed by atoms with Crippen molar-refractivity contribution in [1.29, 1.82) is 0 Å². The van der Waals surface area contributed by atoms with E-state index in [0.29, 0.717) is 5.82 Å². The fraction of sp³-hybridized carbons (Fsp3) is 0.217. The average Bonchev–Trinajstić information content (AvgIpc) is 3.32. The standard InChI is InChI=1S/C23H22BNO/c1-4-11-19(12-5-1)23(20-13-6-2-7-14-20)22-17-10-18-25(22)24(26-23)21-15-8-3-9-16-21/h1-2,4-8,10-15,17-18,21H,3,9,16H2. The molecule has 3 heteroatoms. The maximum atomic E-state index is 6.98. The maximum absolute atomic E-state index is 6.98. The molecule has 2 aliphatic rings. The second-order valence-corrected chi connectivity index (χ2v) is 7.25. The lowest BCUT2D eigenvalue weighted by Crippen LogP contribution is -2.34. The van der Waals surface area contributed by atoms with Crippen molar-refractivity contribution in [1.82, 2.24) is 4.48 Å². The van der Waals surface area contributed by atoms with E-state index in [1.54, 1.807) is 0 Å². The molecule has 2 nitrogen and oxygen atoms in total. The van der Waals surface area contributed by atoms with E-state index >= 15 is 0 Å². The summed E-state index contributed by atoms with van der Waals surface area (Å²) >= 11 is 0. The van der Waals surface area contributed by atoms with Gasteiger partial charge in [-0.3, -0.25) is 0 Å². The number of benzene rings is 2. The zero-order valence-electron chi connectivity index (χ0n) is 14.8. The van der Waals surface area contributed by atoms with Crippen molar-refractivity contribution in [2.24, 2.45) is 0 Å². The molecule has 1 atom stereocenters. The molecule has 0 saturated heterocycles. The van der Waals surface area contributed by atoms with Crippen LogP contribution in [0.4, 0.5) is 0 Å². The predicted molar refractivity (Wildman–Crippen MR) is 106 cm³/mol. The van der Waals surface area contributed by atoms with Crippen molar-refractivity contribution >= 4 is 7.05 Å². The van der Waals surface area contributed by atoms with Gasteiger partial charge in [0, 0.05) is 11.5 Å². The number of aromatic nitrogens is 1. The smallest absolute Gasteiger partial charge is 0.397 e. The first-order chi connectivity index (χ1) is 12.9. The van der Waals surface area contributed by atoms with E-state index < -0.39 is 5.60 Å². The molecule has 1 aliphatic heterocycles. The Labute approximate surface area is 155 Å². The summed E-state index contributed by atoms with van der Waals surface area (Å²) in [6.07, 6.45) is 10.4. The molecule has 0 saturated carbocycles. The van der Waals surface area contributed by atoms with Gasteiger partial charge >= 0.3 is 7.05 Å². The van der Waals surface area contributed by atoms with Gasteiger partial charge in [0.25, 0.3) is 0 Å². The third-order valence-corrected chi connectivity index (χ3v) is 5.73. The van der Waals surface area contributed by atoms with Crippen LogP contribution in [0.1, 0.15) is 36.1 Å². The Morgan fingerprint density at radius 3 is 2.19 bits per heavy atom. The molecule has 1 aliphatic carbocycles. The van der Waals surface area contributed by atoms with E-state index in [-0.39, 0.29) is 7.05 Å². The van der Waals surface area contributed by atoms with Crippen molar-refractivity contribution in [2.75, 3.05) is 0 Å². The first-order valence-electron chi connectivity index (χ1n) is 9.52. The van der Waals surface area contributed by atoms with E-state index in [0.717, 1.165) is 0 Å². The summed E-state index contributed by atoms with van der Waals surface area (Å²) < 4.78 is 9.33. The molecule has 0 N–H and O–H groups in total. The monoisotopic (exact) mass is 339 g/mol. The van der Waals surface area contributed by atoms with Gasteiger partial charge in [0.15, 0.2) is 0 Å². The largest absolute Gasteiger partial charge is 0.428 e. The molecule has 2 heterocycles. The predicted octanol–water partition coefficient (Wildman–Crippen LogP) is 5.26. The van der Waals surface area contributed by atoms with E-state index in [9.17, 15) is 0 Å². The SMILES string of the molecule is C1=CC(B2OC(c3ccccc3)(c3ccccc3)c3cccn32)CCC1. The quantitative estimate of drug-likeness (QED) is 0.469. The molecule has 5 rings (SSSR count). The van der Waals surface area contributed by atoms with Crippen LogP contribution in [0.5, 0.6) is 0 Å². The summed E-state index contributed by atoms with van der Waals surface area (Å²) in [6.45, 7) is 0. The molecule has 2 aromatic carbocycles. The van der Waals surface area contributed by atoms with Gasteiger partial charge in [0.1, 0.15) is 5.60 Å². The zero-order valence-corrected chi connectivity index (χ0v) is 14.8.